The number of rotatable bonds is 7. The fraction of sp³-hybridized carbons (Fsp3) is 0.467. The fourth-order valence-corrected chi connectivity index (χ4v) is 2.17. The molecule has 0 aromatic heterocycles. The summed E-state index contributed by atoms with van der Waals surface area (Å²) in [5.74, 6) is -0.628. The lowest BCUT2D eigenvalue weighted by Gasteiger charge is -2.21. The monoisotopic (exact) mass is 392 g/mol. The summed E-state index contributed by atoms with van der Waals surface area (Å²) in [6, 6.07) is 7.12. The average molecular weight is 394 g/mol. The van der Waals surface area contributed by atoms with Crippen LogP contribution in [0.25, 0.3) is 0 Å². The number of esters is 1. The first-order valence-corrected chi connectivity index (χ1v) is 7.54. The summed E-state index contributed by atoms with van der Waals surface area (Å²) in [6.45, 7) is 2.42. The maximum atomic E-state index is 12.1. The van der Waals surface area contributed by atoms with E-state index in [1.54, 1.807) is 7.05 Å². The fourth-order valence-electron chi connectivity index (χ4n) is 1.91. The number of hydrogen-bond acceptors (Lipinski definition) is 4. The van der Waals surface area contributed by atoms with Gasteiger partial charge < -0.3 is 15.4 Å². The predicted molar refractivity (Wildman–Crippen MR) is 92.0 cm³/mol. The Morgan fingerprint density at radius 3 is 2.36 bits per heavy atom. The van der Waals surface area contributed by atoms with E-state index in [1.165, 1.54) is 7.11 Å². The summed E-state index contributed by atoms with van der Waals surface area (Å²) in [7, 11) is 3.14. The SMILES string of the molecule is CNCC(C)C(=O)NC(CC(=O)OC)c1ccc(Br)cc1.Cl. The number of carbonyl (C=O) groups is 2. The van der Waals surface area contributed by atoms with Crippen LogP contribution in [0, 0.1) is 5.92 Å². The number of amides is 1. The molecule has 22 heavy (non-hydrogen) atoms. The lowest BCUT2D eigenvalue weighted by atomic mass is 10.0. The molecule has 5 nitrogen and oxygen atoms in total. The number of nitrogens with one attached hydrogen (secondary N) is 2. The molecule has 124 valence electrons. The largest absolute Gasteiger partial charge is 0.469 e. The first-order chi connectivity index (χ1) is 9.97. The van der Waals surface area contributed by atoms with Gasteiger partial charge in [-0.15, -0.1) is 12.4 Å². The van der Waals surface area contributed by atoms with Gasteiger partial charge in [-0.2, -0.15) is 0 Å². The van der Waals surface area contributed by atoms with Gasteiger partial charge in [0.1, 0.15) is 0 Å². The Hall–Kier alpha value is -1.11. The Kier molecular flexibility index (Phi) is 10.1. The quantitative estimate of drug-likeness (QED) is 0.698. The summed E-state index contributed by atoms with van der Waals surface area (Å²) in [4.78, 5) is 23.7. The number of carbonyl (C=O) groups excluding carboxylic acids is 2. The number of hydrogen-bond donors (Lipinski definition) is 2. The van der Waals surface area contributed by atoms with Crippen LogP contribution in [0.3, 0.4) is 0 Å². The van der Waals surface area contributed by atoms with E-state index in [2.05, 4.69) is 26.6 Å². The molecule has 1 aromatic rings. The van der Waals surface area contributed by atoms with Crippen LogP contribution in [-0.4, -0.2) is 32.6 Å². The van der Waals surface area contributed by atoms with Crippen LogP contribution in [0.4, 0.5) is 0 Å². The van der Waals surface area contributed by atoms with E-state index in [1.807, 2.05) is 31.2 Å². The van der Waals surface area contributed by atoms with Crippen molar-refractivity contribution in [1.29, 1.82) is 0 Å². The molecule has 0 aliphatic carbocycles. The Balaban J connectivity index is 0.00000441. The smallest absolute Gasteiger partial charge is 0.307 e. The van der Waals surface area contributed by atoms with Crippen LogP contribution < -0.4 is 10.6 Å². The molecular weight excluding hydrogens is 372 g/mol. The van der Waals surface area contributed by atoms with Crippen molar-refractivity contribution in [3.05, 3.63) is 34.3 Å². The standard InChI is InChI=1S/C15H21BrN2O3.ClH/c1-10(9-17-2)15(20)18-13(8-14(19)21-3)11-4-6-12(16)7-5-11;/h4-7,10,13,17H,8-9H2,1-3H3,(H,18,20);1H. The molecule has 0 radical (unpaired) electrons. The first kappa shape index (κ1) is 20.9. The topological polar surface area (TPSA) is 67.4 Å². The molecule has 0 saturated carbocycles. The van der Waals surface area contributed by atoms with Crippen LogP contribution in [0.5, 0.6) is 0 Å². The summed E-state index contributed by atoms with van der Waals surface area (Å²) in [5.41, 5.74) is 0.869. The Labute approximate surface area is 145 Å². The molecule has 2 N–H and O–H groups in total. The molecule has 2 atom stereocenters. The zero-order valence-corrected chi connectivity index (χ0v) is 15.3. The lowest BCUT2D eigenvalue weighted by molar-refractivity contribution is -0.141. The van der Waals surface area contributed by atoms with E-state index in [0.717, 1.165) is 10.0 Å². The van der Waals surface area contributed by atoms with Crippen LogP contribution in [0.2, 0.25) is 0 Å². The van der Waals surface area contributed by atoms with Crippen molar-refractivity contribution in [2.45, 2.75) is 19.4 Å². The van der Waals surface area contributed by atoms with Gasteiger partial charge in [0.2, 0.25) is 5.91 Å². The Morgan fingerprint density at radius 1 is 1.27 bits per heavy atom. The average Bonchev–Trinajstić information content (AvgIpc) is 2.47. The second-order valence-electron chi connectivity index (χ2n) is 4.85. The zero-order valence-electron chi connectivity index (χ0n) is 12.9. The number of halogens is 2. The third-order valence-corrected chi connectivity index (χ3v) is 3.67. The molecule has 0 aliphatic heterocycles. The van der Waals surface area contributed by atoms with Gasteiger partial charge in [0, 0.05) is 16.9 Å². The van der Waals surface area contributed by atoms with E-state index in [-0.39, 0.29) is 36.6 Å². The van der Waals surface area contributed by atoms with E-state index in [0.29, 0.717) is 6.54 Å². The van der Waals surface area contributed by atoms with Gasteiger partial charge in [-0.05, 0) is 24.7 Å². The van der Waals surface area contributed by atoms with Crippen LogP contribution in [0.1, 0.15) is 24.9 Å². The third-order valence-electron chi connectivity index (χ3n) is 3.15. The molecule has 0 bridgehead atoms. The van der Waals surface area contributed by atoms with Crippen LogP contribution in [0.15, 0.2) is 28.7 Å². The second-order valence-corrected chi connectivity index (χ2v) is 5.77. The van der Waals surface area contributed by atoms with Crippen LogP contribution >= 0.6 is 28.3 Å². The van der Waals surface area contributed by atoms with Gasteiger partial charge in [-0.1, -0.05) is 35.0 Å². The van der Waals surface area contributed by atoms with Gasteiger partial charge in [-0.25, -0.2) is 0 Å². The van der Waals surface area contributed by atoms with Crippen molar-refractivity contribution in [1.82, 2.24) is 10.6 Å². The maximum absolute atomic E-state index is 12.1. The van der Waals surface area contributed by atoms with Gasteiger partial charge >= 0.3 is 5.97 Å². The molecule has 0 spiro atoms. The minimum Gasteiger partial charge on any atom is -0.469 e. The summed E-state index contributed by atoms with van der Waals surface area (Å²) < 4.78 is 5.65. The molecule has 1 aromatic carbocycles. The zero-order chi connectivity index (χ0) is 15.8. The van der Waals surface area contributed by atoms with Crippen molar-refractivity contribution >= 4 is 40.2 Å². The molecule has 1 rings (SSSR count). The highest BCUT2D eigenvalue weighted by atomic mass is 79.9. The minimum absolute atomic E-state index is 0. The van der Waals surface area contributed by atoms with E-state index in [9.17, 15) is 9.59 Å². The van der Waals surface area contributed by atoms with Gasteiger partial charge in [0.15, 0.2) is 0 Å². The van der Waals surface area contributed by atoms with Crippen LogP contribution in [-0.2, 0) is 14.3 Å². The van der Waals surface area contributed by atoms with Gasteiger partial charge in [-0.3, -0.25) is 9.59 Å². The third kappa shape index (κ3) is 6.77. The highest BCUT2D eigenvalue weighted by Gasteiger charge is 2.21. The highest BCUT2D eigenvalue weighted by Crippen LogP contribution is 2.20. The van der Waals surface area contributed by atoms with E-state index >= 15 is 0 Å². The summed E-state index contributed by atoms with van der Waals surface area (Å²) in [5, 5.41) is 5.87. The molecule has 0 fully saturated rings. The predicted octanol–water partition coefficient (Wildman–Crippen LogP) is 2.45. The highest BCUT2D eigenvalue weighted by molar-refractivity contribution is 9.10. The minimum atomic E-state index is -0.391. The molecule has 0 heterocycles. The van der Waals surface area contributed by atoms with Gasteiger partial charge in [0.05, 0.1) is 19.6 Å². The van der Waals surface area contributed by atoms with Crippen molar-refractivity contribution in [3.8, 4) is 0 Å². The molecule has 7 heteroatoms. The Bertz CT molecular complexity index is 482. The summed E-state index contributed by atoms with van der Waals surface area (Å²) >= 11 is 3.37. The van der Waals surface area contributed by atoms with Crippen molar-refractivity contribution in [3.63, 3.8) is 0 Å². The molecule has 0 aliphatic rings. The lowest BCUT2D eigenvalue weighted by Crippen LogP contribution is -2.37. The number of benzene rings is 1. The maximum Gasteiger partial charge on any atom is 0.307 e. The molecule has 0 saturated heterocycles. The van der Waals surface area contributed by atoms with Crippen molar-refractivity contribution < 1.29 is 14.3 Å². The van der Waals surface area contributed by atoms with E-state index in [4.69, 9.17) is 4.74 Å². The molecule has 2 unspecified atom stereocenters. The first-order valence-electron chi connectivity index (χ1n) is 6.75. The van der Waals surface area contributed by atoms with Crippen molar-refractivity contribution in [2.75, 3.05) is 20.7 Å². The Morgan fingerprint density at radius 2 is 1.86 bits per heavy atom. The van der Waals surface area contributed by atoms with Gasteiger partial charge in [0.25, 0.3) is 0 Å². The van der Waals surface area contributed by atoms with E-state index < -0.39 is 6.04 Å². The molecular formula is C15H22BrClN2O3. The van der Waals surface area contributed by atoms with Crippen molar-refractivity contribution in [2.24, 2.45) is 5.92 Å². The molecule has 1 amide bonds. The number of ether oxygens (including phenoxy) is 1. The normalized spacial score (nSPS) is 12.7. The second kappa shape index (κ2) is 10.6. The summed E-state index contributed by atoms with van der Waals surface area (Å²) in [6.07, 6.45) is 0.107. The number of methoxy groups -OCH3 is 1.